The lowest BCUT2D eigenvalue weighted by molar-refractivity contribution is -0.116. The van der Waals surface area contributed by atoms with Crippen LogP contribution in [0.15, 0.2) is 48.5 Å². The molecular formula is C17H18ClNO. The minimum absolute atomic E-state index is 0.0137. The summed E-state index contributed by atoms with van der Waals surface area (Å²) in [4.78, 5) is 13.9. The number of hydrogen-bond acceptors (Lipinski definition) is 1. The van der Waals surface area contributed by atoms with Crippen LogP contribution in [-0.4, -0.2) is 11.8 Å². The molecule has 0 aliphatic carbocycles. The van der Waals surface area contributed by atoms with Crippen molar-refractivity contribution in [2.24, 2.45) is 0 Å². The molecule has 1 amide bonds. The first-order valence-corrected chi connectivity index (χ1v) is 7.13. The van der Waals surface area contributed by atoms with Crippen molar-refractivity contribution in [3.05, 3.63) is 65.2 Å². The summed E-state index contributed by atoms with van der Waals surface area (Å²) in [5, 5.41) is 0. The molecule has 0 fully saturated rings. The van der Waals surface area contributed by atoms with Crippen LogP contribution in [0.3, 0.4) is 0 Å². The number of alkyl halides is 1. The van der Waals surface area contributed by atoms with Gasteiger partial charge in [-0.3, -0.25) is 4.79 Å². The molecule has 20 heavy (non-hydrogen) atoms. The van der Waals surface area contributed by atoms with Gasteiger partial charge in [-0.05, 0) is 31.0 Å². The fourth-order valence-electron chi connectivity index (χ4n) is 2.25. The van der Waals surface area contributed by atoms with Gasteiger partial charge in [0.2, 0.25) is 5.91 Å². The molecule has 0 atom stereocenters. The molecule has 0 aromatic heterocycles. The van der Waals surface area contributed by atoms with E-state index in [1.165, 1.54) is 5.56 Å². The minimum Gasteiger partial charge on any atom is -0.307 e. The lowest BCUT2D eigenvalue weighted by atomic mass is 10.1. The molecule has 2 aromatic rings. The summed E-state index contributed by atoms with van der Waals surface area (Å²) >= 11 is 5.76. The Labute approximate surface area is 125 Å². The molecule has 2 nitrogen and oxygen atoms in total. The van der Waals surface area contributed by atoms with Crippen molar-refractivity contribution in [3.8, 4) is 0 Å². The van der Waals surface area contributed by atoms with E-state index >= 15 is 0 Å². The molecule has 2 aromatic carbocycles. The van der Waals surface area contributed by atoms with Crippen molar-refractivity contribution in [2.75, 3.05) is 10.8 Å². The highest BCUT2D eigenvalue weighted by Gasteiger charge is 2.17. The second-order valence-corrected chi connectivity index (χ2v) is 5.16. The molecule has 0 radical (unpaired) electrons. The largest absolute Gasteiger partial charge is 0.307 e. The molecule has 0 aliphatic heterocycles. The zero-order valence-electron chi connectivity index (χ0n) is 11.8. The number of carbonyl (C=O) groups excluding carboxylic acids is 1. The fourth-order valence-corrected chi connectivity index (χ4v) is 2.40. The van der Waals surface area contributed by atoms with Gasteiger partial charge in [0.15, 0.2) is 0 Å². The van der Waals surface area contributed by atoms with Crippen LogP contribution in [0.4, 0.5) is 5.69 Å². The Morgan fingerprint density at radius 2 is 1.80 bits per heavy atom. The number of benzene rings is 2. The molecular weight excluding hydrogens is 270 g/mol. The maximum Gasteiger partial charge on any atom is 0.242 e. The van der Waals surface area contributed by atoms with E-state index in [4.69, 9.17) is 11.6 Å². The van der Waals surface area contributed by atoms with Gasteiger partial charge >= 0.3 is 0 Å². The van der Waals surface area contributed by atoms with Crippen molar-refractivity contribution >= 4 is 23.2 Å². The van der Waals surface area contributed by atoms with Gasteiger partial charge in [-0.15, -0.1) is 11.6 Å². The monoisotopic (exact) mass is 287 g/mol. The third-order valence-electron chi connectivity index (χ3n) is 3.24. The maximum atomic E-state index is 12.1. The van der Waals surface area contributed by atoms with Crippen molar-refractivity contribution in [2.45, 2.75) is 20.4 Å². The van der Waals surface area contributed by atoms with Crippen LogP contribution >= 0.6 is 11.6 Å². The topological polar surface area (TPSA) is 20.3 Å². The highest BCUT2D eigenvalue weighted by molar-refractivity contribution is 6.29. The number of halogens is 1. The third kappa shape index (κ3) is 3.40. The molecule has 2 rings (SSSR count). The first-order valence-electron chi connectivity index (χ1n) is 6.59. The normalized spacial score (nSPS) is 10.3. The summed E-state index contributed by atoms with van der Waals surface area (Å²) in [6, 6.07) is 16.0. The lowest BCUT2D eigenvalue weighted by Crippen LogP contribution is -2.31. The van der Waals surface area contributed by atoms with Gasteiger partial charge in [0.1, 0.15) is 5.88 Å². The summed E-state index contributed by atoms with van der Waals surface area (Å²) in [5.41, 5.74) is 4.28. The molecule has 0 bridgehead atoms. The summed E-state index contributed by atoms with van der Waals surface area (Å²) < 4.78 is 0. The summed E-state index contributed by atoms with van der Waals surface area (Å²) in [5.74, 6) is -0.0948. The van der Waals surface area contributed by atoms with Gasteiger partial charge in [0.05, 0.1) is 6.54 Å². The van der Waals surface area contributed by atoms with Crippen LogP contribution in [0.1, 0.15) is 16.7 Å². The standard InChI is InChI=1S/C17H18ClNO/c1-13-8-9-16(14(2)10-13)19(17(20)11-18)12-15-6-4-3-5-7-15/h3-10H,11-12H2,1-2H3. The zero-order chi connectivity index (χ0) is 14.5. The second-order valence-electron chi connectivity index (χ2n) is 4.89. The Bertz CT molecular complexity index is 595. The van der Waals surface area contributed by atoms with Gasteiger partial charge < -0.3 is 4.90 Å². The van der Waals surface area contributed by atoms with E-state index in [1.807, 2.05) is 56.3 Å². The Kier molecular flexibility index (Phi) is 4.80. The van der Waals surface area contributed by atoms with E-state index in [0.717, 1.165) is 16.8 Å². The van der Waals surface area contributed by atoms with Crippen LogP contribution < -0.4 is 4.90 Å². The van der Waals surface area contributed by atoms with Gasteiger partial charge in [-0.1, -0.05) is 48.0 Å². The molecule has 104 valence electrons. The molecule has 0 spiro atoms. The van der Waals surface area contributed by atoms with Crippen molar-refractivity contribution in [1.82, 2.24) is 0 Å². The summed E-state index contributed by atoms with van der Waals surface area (Å²) in [6.07, 6.45) is 0. The van der Waals surface area contributed by atoms with E-state index in [-0.39, 0.29) is 11.8 Å². The fraction of sp³-hybridized carbons (Fsp3) is 0.235. The van der Waals surface area contributed by atoms with Crippen LogP contribution in [-0.2, 0) is 11.3 Å². The first-order chi connectivity index (χ1) is 9.61. The Morgan fingerprint density at radius 3 is 2.40 bits per heavy atom. The number of rotatable bonds is 4. The summed E-state index contributed by atoms with van der Waals surface area (Å²) in [7, 11) is 0. The first kappa shape index (κ1) is 14.6. The average molecular weight is 288 g/mol. The molecule has 0 saturated carbocycles. The van der Waals surface area contributed by atoms with Crippen LogP contribution in [0.5, 0.6) is 0 Å². The third-order valence-corrected chi connectivity index (χ3v) is 3.47. The number of nitrogens with zero attached hydrogens (tertiary/aromatic N) is 1. The van der Waals surface area contributed by atoms with E-state index < -0.39 is 0 Å². The van der Waals surface area contributed by atoms with E-state index in [9.17, 15) is 4.79 Å². The van der Waals surface area contributed by atoms with Crippen LogP contribution in [0.2, 0.25) is 0 Å². The maximum absolute atomic E-state index is 12.1. The van der Waals surface area contributed by atoms with Gasteiger partial charge in [0, 0.05) is 5.69 Å². The summed E-state index contributed by atoms with van der Waals surface area (Å²) in [6.45, 7) is 4.60. The van der Waals surface area contributed by atoms with Gasteiger partial charge in [-0.2, -0.15) is 0 Å². The highest BCUT2D eigenvalue weighted by atomic mass is 35.5. The minimum atomic E-state index is -0.0810. The van der Waals surface area contributed by atoms with Crippen LogP contribution in [0, 0.1) is 13.8 Å². The van der Waals surface area contributed by atoms with E-state index in [2.05, 4.69) is 6.07 Å². The number of aryl methyl sites for hydroxylation is 2. The highest BCUT2D eigenvalue weighted by Crippen LogP contribution is 2.23. The predicted molar refractivity (Wildman–Crippen MR) is 84.3 cm³/mol. The van der Waals surface area contributed by atoms with Crippen LogP contribution in [0.25, 0.3) is 0 Å². The zero-order valence-corrected chi connectivity index (χ0v) is 12.5. The number of amides is 1. The van der Waals surface area contributed by atoms with Crippen molar-refractivity contribution < 1.29 is 4.79 Å². The molecule has 0 unspecified atom stereocenters. The Balaban J connectivity index is 2.35. The quantitative estimate of drug-likeness (QED) is 0.776. The van der Waals surface area contributed by atoms with Crippen molar-refractivity contribution in [3.63, 3.8) is 0 Å². The van der Waals surface area contributed by atoms with E-state index in [1.54, 1.807) is 4.90 Å². The van der Waals surface area contributed by atoms with Crippen molar-refractivity contribution in [1.29, 1.82) is 0 Å². The van der Waals surface area contributed by atoms with Gasteiger partial charge in [0.25, 0.3) is 0 Å². The lowest BCUT2D eigenvalue weighted by Gasteiger charge is -2.24. The molecule has 0 aliphatic rings. The smallest absolute Gasteiger partial charge is 0.242 e. The molecule has 3 heteroatoms. The second kappa shape index (κ2) is 6.58. The molecule has 0 N–H and O–H groups in total. The molecule has 0 saturated heterocycles. The average Bonchev–Trinajstić information content (AvgIpc) is 2.46. The number of hydrogen-bond donors (Lipinski definition) is 0. The van der Waals surface area contributed by atoms with E-state index in [0.29, 0.717) is 6.54 Å². The SMILES string of the molecule is Cc1ccc(N(Cc2ccccc2)C(=O)CCl)c(C)c1. The number of anilines is 1. The van der Waals surface area contributed by atoms with Gasteiger partial charge in [-0.25, -0.2) is 0 Å². The Morgan fingerprint density at radius 1 is 1.10 bits per heavy atom. The predicted octanol–water partition coefficient (Wildman–Crippen LogP) is 4.08. The molecule has 0 heterocycles. The number of carbonyl (C=O) groups is 1. The Hall–Kier alpha value is -1.80.